The Hall–Kier alpha value is -2.67. The Morgan fingerprint density at radius 1 is 1.31 bits per heavy atom. The van der Waals surface area contributed by atoms with Gasteiger partial charge in [0.05, 0.1) is 7.11 Å². The maximum atomic E-state index is 15.7. The number of aromatic nitrogens is 2. The summed E-state index contributed by atoms with van der Waals surface area (Å²) in [4.78, 5) is 15.3. The van der Waals surface area contributed by atoms with Crippen LogP contribution in [0.1, 0.15) is 12.0 Å². The predicted molar refractivity (Wildman–Crippen MR) is 143 cm³/mol. The number of amides is 1. The van der Waals surface area contributed by atoms with Crippen molar-refractivity contribution < 1.29 is 36.6 Å². The van der Waals surface area contributed by atoms with E-state index in [2.05, 4.69) is 9.36 Å². The second-order valence-corrected chi connectivity index (χ2v) is 16.6. The van der Waals surface area contributed by atoms with Crippen LogP contribution in [0.5, 0.6) is 11.5 Å². The molecular weight excluding hydrogens is 641 g/mol. The molecule has 0 radical (unpaired) electrons. The summed E-state index contributed by atoms with van der Waals surface area (Å²) in [6, 6.07) is 5.68. The van der Waals surface area contributed by atoms with Gasteiger partial charge in [-0.3, -0.25) is 0 Å². The summed E-state index contributed by atoms with van der Waals surface area (Å²) in [5.74, 6) is -1.94. The predicted octanol–water partition coefficient (Wildman–Crippen LogP) is 3.97. The van der Waals surface area contributed by atoms with Gasteiger partial charge in [-0.05, 0) is 0 Å². The number of hydrogen-bond donors (Lipinski definition) is 1. The van der Waals surface area contributed by atoms with Gasteiger partial charge in [-0.15, -0.1) is 0 Å². The zero-order valence-corrected chi connectivity index (χ0v) is 25.2. The Balaban J connectivity index is 1.75. The Morgan fingerprint density at radius 2 is 2.05 bits per heavy atom. The van der Waals surface area contributed by atoms with E-state index in [9.17, 15) is 18.3 Å². The average molecular weight is 665 g/mol. The van der Waals surface area contributed by atoms with Crippen LogP contribution in [0.25, 0.3) is 0 Å². The number of rotatable bonds is 9. The van der Waals surface area contributed by atoms with Crippen LogP contribution < -0.4 is 18.1 Å². The molecule has 10 nitrogen and oxygen atoms in total. The van der Waals surface area contributed by atoms with E-state index in [-0.39, 0.29) is 27.3 Å². The van der Waals surface area contributed by atoms with E-state index in [1.807, 2.05) is 5.71 Å². The molecule has 1 N–H and O–H groups in total. The number of halogens is 3. The third-order valence-corrected chi connectivity index (χ3v) is 15.1. The van der Waals surface area contributed by atoms with E-state index in [1.165, 1.54) is 19.1 Å². The number of ether oxygens (including phenoxy) is 2. The van der Waals surface area contributed by atoms with Gasteiger partial charge in [0.15, 0.2) is 0 Å². The number of benzene rings is 2. The molecule has 2 atom stereocenters. The Morgan fingerprint density at radius 3 is 2.64 bits per heavy atom. The van der Waals surface area contributed by atoms with Gasteiger partial charge in [-0.2, -0.15) is 0 Å². The molecule has 0 spiro atoms. The third-order valence-electron chi connectivity index (χ3n) is 6.38. The normalized spacial score (nSPS) is 16.3. The number of hydrogen-bond acceptors (Lipinski definition) is 8. The molecule has 39 heavy (non-hydrogen) atoms. The number of anilines is 1. The maximum absolute atomic E-state index is 15.7. The van der Waals surface area contributed by atoms with Gasteiger partial charge in [0.1, 0.15) is 0 Å². The van der Waals surface area contributed by atoms with E-state index in [0.717, 1.165) is 28.2 Å². The molecule has 2 unspecified atom stereocenters. The zero-order valence-electron chi connectivity index (χ0n) is 21.0. The minimum atomic E-state index is -4.88. The van der Waals surface area contributed by atoms with Crippen LogP contribution in [0.4, 0.5) is 18.7 Å². The first-order valence-electron chi connectivity index (χ1n) is 11.4. The Bertz CT molecular complexity index is 1480. The van der Waals surface area contributed by atoms with Crippen molar-refractivity contribution in [1.29, 1.82) is 0 Å². The first-order chi connectivity index (χ1) is 18.5. The molecular formula is C23H24AsClF2N4O6S2. The van der Waals surface area contributed by atoms with Crippen LogP contribution in [0.2, 0.25) is 15.4 Å². The first kappa shape index (κ1) is 29.3. The molecule has 210 valence electrons. The summed E-state index contributed by atoms with van der Waals surface area (Å²) >= 11 is 4.81. The van der Waals surface area contributed by atoms with Crippen LogP contribution in [0.3, 0.4) is 0 Å². The third kappa shape index (κ3) is 5.79. The molecule has 1 aliphatic heterocycles. The van der Waals surface area contributed by atoms with Gasteiger partial charge in [-0.1, -0.05) is 0 Å². The molecule has 16 heteroatoms. The van der Waals surface area contributed by atoms with Crippen molar-refractivity contribution in [1.82, 2.24) is 14.3 Å². The standard InChI is InChI=1S/C23H24AsClF2N4O6S2/c1-24(14-6-7-30(11-14)23(32)33)16-9-17(26)21(20(27)19(16)25)39(34,35)31(22-28-12-29-38-22)10-13-4-5-15(36-2)8-18(13)37-3/h4-5,8-9,12,14H,6-7,10-11H2,1-3H3,(H,32,33). The Kier molecular flexibility index (Phi) is 8.89. The van der Waals surface area contributed by atoms with Crippen molar-refractivity contribution in [2.45, 2.75) is 28.3 Å². The van der Waals surface area contributed by atoms with Crippen molar-refractivity contribution in [3.63, 3.8) is 0 Å². The summed E-state index contributed by atoms with van der Waals surface area (Å²) in [6.45, 7) is 0.182. The molecule has 1 aliphatic rings. The molecule has 2 aromatic carbocycles. The van der Waals surface area contributed by atoms with E-state index in [1.54, 1.807) is 18.2 Å². The van der Waals surface area contributed by atoms with Crippen LogP contribution in [-0.4, -0.2) is 75.8 Å². The van der Waals surface area contributed by atoms with Crippen LogP contribution in [-0.2, 0) is 16.6 Å². The number of nitrogens with zero attached hydrogens (tertiary/aromatic N) is 4. The van der Waals surface area contributed by atoms with Crippen LogP contribution in [0.15, 0.2) is 35.5 Å². The minimum absolute atomic E-state index is 0.104. The van der Waals surface area contributed by atoms with Crippen molar-refractivity contribution in [3.8, 4) is 11.5 Å². The van der Waals surface area contributed by atoms with E-state index in [0.29, 0.717) is 30.0 Å². The van der Waals surface area contributed by atoms with Crippen LogP contribution >= 0.6 is 23.1 Å². The summed E-state index contributed by atoms with van der Waals surface area (Å²) < 4.78 is 74.1. The number of carbonyl (C=O) groups is 1. The van der Waals surface area contributed by atoms with E-state index >= 15 is 8.78 Å². The van der Waals surface area contributed by atoms with E-state index < -0.39 is 52.3 Å². The second kappa shape index (κ2) is 11.8. The number of likely N-dealkylation sites (tertiary alicyclic amines) is 1. The number of sulfonamides is 1. The van der Waals surface area contributed by atoms with Gasteiger partial charge < -0.3 is 0 Å². The Labute approximate surface area is 237 Å². The van der Waals surface area contributed by atoms with Crippen molar-refractivity contribution in [2.24, 2.45) is 0 Å². The number of carboxylic acid groups (broad SMARTS) is 1. The molecule has 4 rings (SSSR count). The topological polar surface area (TPSA) is 122 Å². The summed E-state index contributed by atoms with van der Waals surface area (Å²) in [5.41, 5.74) is 2.20. The molecule has 0 aliphatic carbocycles. The van der Waals surface area contributed by atoms with Gasteiger partial charge >= 0.3 is 231 Å². The average Bonchev–Trinajstić information content (AvgIpc) is 3.61. The number of methoxy groups -OCH3 is 2. The van der Waals surface area contributed by atoms with Crippen molar-refractivity contribution in [3.05, 3.63) is 52.8 Å². The molecule has 1 amide bonds. The molecule has 0 bridgehead atoms. The molecule has 0 saturated carbocycles. The summed E-state index contributed by atoms with van der Waals surface area (Å²) in [6.07, 6.45) is 0.610. The van der Waals surface area contributed by atoms with Gasteiger partial charge in [0.2, 0.25) is 0 Å². The molecule has 3 aromatic rings. The fraction of sp³-hybridized carbons (Fsp3) is 0.348. The van der Waals surface area contributed by atoms with Gasteiger partial charge in [0.25, 0.3) is 0 Å². The summed E-state index contributed by atoms with van der Waals surface area (Å²) in [7, 11) is -2.02. The first-order valence-corrected chi connectivity index (χ1v) is 17.9. The molecule has 1 aromatic heterocycles. The quantitative estimate of drug-likeness (QED) is 0.270. The van der Waals surface area contributed by atoms with E-state index in [4.69, 9.17) is 21.1 Å². The zero-order chi connectivity index (χ0) is 28.5. The molecule has 1 fully saturated rings. The van der Waals surface area contributed by atoms with Crippen molar-refractivity contribution in [2.75, 3.05) is 31.6 Å². The fourth-order valence-corrected chi connectivity index (χ4v) is 11.7. The summed E-state index contributed by atoms with van der Waals surface area (Å²) in [5, 5.41) is 8.65. The SMILES string of the molecule is COc1ccc(CN(c2ncns2)S(=O)(=O)c2c(F)cc([As](C)C3CCN(C(=O)O)C3)c(Cl)c2F)c(OC)c1. The monoisotopic (exact) mass is 664 g/mol. The van der Waals surface area contributed by atoms with Crippen molar-refractivity contribution >= 4 is 63.4 Å². The fourth-order valence-electron chi connectivity index (χ4n) is 4.27. The molecule has 2 heterocycles. The van der Waals surface area contributed by atoms with Gasteiger partial charge in [0, 0.05) is 0 Å². The molecule has 1 saturated heterocycles. The second-order valence-electron chi connectivity index (χ2n) is 8.53. The van der Waals surface area contributed by atoms with Crippen LogP contribution in [0, 0.1) is 11.6 Å². The van der Waals surface area contributed by atoms with Gasteiger partial charge in [-0.25, -0.2) is 0 Å².